The third-order valence-electron chi connectivity index (χ3n) is 3.32. The fourth-order valence-corrected chi connectivity index (χ4v) is 2.77. The van der Waals surface area contributed by atoms with Crippen LogP contribution in [0.2, 0.25) is 0 Å². The van der Waals surface area contributed by atoms with Gasteiger partial charge in [-0.3, -0.25) is 0 Å². The summed E-state index contributed by atoms with van der Waals surface area (Å²) in [5, 5.41) is 13.5. The maximum absolute atomic E-state index is 12.9. The first-order valence-corrected chi connectivity index (χ1v) is 6.80. The topological polar surface area (TPSA) is 32.3 Å². The van der Waals surface area contributed by atoms with Crippen LogP contribution in [0.5, 0.6) is 0 Å². The third kappa shape index (κ3) is 3.42. The van der Waals surface area contributed by atoms with Gasteiger partial charge in [-0.2, -0.15) is 0 Å². The van der Waals surface area contributed by atoms with Crippen molar-refractivity contribution in [3.8, 4) is 0 Å². The first-order valence-electron chi connectivity index (χ1n) is 6.00. The Balaban J connectivity index is 1.97. The maximum atomic E-state index is 12.9. The van der Waals surface area contributed by atoms with Crippen molar-refractivity contribution in [3.05, 3.63) is 28.5 Å². The van der Waals surface area contributed by atoms with Gasteiger partial charge in [0, 0.05) is 16.7 Å². The van der Waals surface area contributed by atoms with E-state index >= 15 is 0 Å². The van der Waals surface area contributed by atoms with Crippen LogP contribution in [-0.4, -0.2) is 17.3 Å². The summed E-state index contributed by atoms with van der Waals surface area (Å²) in [4.78, 5) is 0. The third-order valence-corrected chi connectivity index (χ3v) is 3.98. The predicted octanol–water partition coefficient (Wildman–Crippen LogP) is 3.70. The molecule has 0 heterocycles. The fourth-order valence-electron chi connectivity index (χ4n) is 2.28. The Hall–Kier alpha value is -0.610. The molecule has 0 atom stereocenters. The smallest absolute Gasteiger partial charge is 0.124 e. The Bertz CT molecular complexity index is 391. The van der Waals surface area contributed by atoms with Crippen LogP contribution in [0.4, 0.5) is 10.1 Å². The molecule has 0 spiro atoms. The molecule has 1 saturated carbocycles. The van der Waals surface area contributed by atoms with Crippen LogP contribution >= 0.6 is 15.9 Å². The van der Waals surface area contributed by atoms with Gasteiger partial charge in [0.1, 0.15) is 5.82 Å². The average molecular weight is 302 g/mol. The molecule has 0 saturated heterocycles. The highest BCUT2D eigenvalue weighted by molar-refractivity contribution is 9.10. The number of hydrogen-bond acceptors (Lipinski definition) is 2. The van der Waals surface area contributed by atoms with Crippen LogP contribution in [-0.2, 0) is 0 Å². The second kappa shape index (κ2) is 5.36. The second-order valence-corrected chi connectivity index (χ2v) is 5.62. The van der Waals surface area contributed by atoms with Gasteiger partial charge in [-0.25, -0.2) is 4.39 Å². The number of aliphatic hydroxyl groups is 1. The quantitative estimate of drug-likeness (QED) is 0.892. The van der Waals surface area contributed by atoms with E-state index in [9.17, 15) is 9.50 Å². The molecule has 0 radical (unpaired) electrons. The molecule has 94 valence electrons. The SMILES string of the molecule is OC1(CNc2ccc(F)cc2Br)CCCCC1. The highest BCUT2D eigenvalue weighted by atomic mass is 79.9. The first kappa shape index (κ1) is 12.8. The van der Waals surface area contributed by atoms with E-state index in [2.05, 4.69) is 21.2 Å². The molecule has 2 nitrogen and oxygen atoms in total. The van der Waals surface area contributed by atoms with Crippen molar-refractivity contribution >= 4 is 21.6 Å². The van der Waals surface area contributed by atoms with Gasteiger partial charge in [0.25, 0.3) is 0 Å². The van der Waals surface area contributed by atoms with Crippen molar-refractivity contribution < 1.29 is 9.50 Å². The summed E-state index contributed by atoms with van der Waals surface area (Å²) in [7, 11) is 0. The molecule has 0 unspecified atom stereocenters. The lowest BCUT2D eigenvalue weighted by molar-refractivity contribution is 0.0167. The number of halogens is 2. The van der Waals surface area contributed by atoms with E-state index in [-0.39, 0.29) is 5.82 Å². The summed E-state index contributed by atoms with van der Waals surface area (Å²) in [5.74, 6) is -0.265. The zero-order chi connectivity index (χ0) is 12.3. The first-order chi connectivity index (χ1) is 8.09. The molecule has 4 heteroatoms. The highest BCUT2D eigenvalue weighted by Crippen LogP contribution is 2.29. The van der Waals surface area contributed by atoms with E-state index in [0.29, 0.717) is 11.0 Å². The molecule has 2 rings (SSSR count). The van der Waals surface area contributed by atoms with E-state index < -0.39 is 5.60 Å². The Morgan fingerprint density at radius 2 is 2.00 bits per heavy atom. The van der Waals surface area contributed by atoms with Crippen molar-refractivity contribution in [2.24, 2.45) is 0 Å². The largest absolute Gasteiger partial charge is 0.388 e. The standard InChI is InChI=1S/C13H17BrFNO/c14-11-8-10(15)4-5-12(11)16-9-13(17)6-2-1-3-7-13/h4-5,8,16-17H,1-3,6-7,9H2. The number of rotatable bonds is 3. The maximum Gasteiger partial charge on any atom is 0.124 e. The van der Waals surface area contributed by atoms with Gasteiger partial charge in [-0.05, 0) is 47.0 Å². The van der Waals surface area contributed by atoms with Crippen LogP contribution in [0, 0.1) is 5.82 Å². The van der Waals surface area contributed by atoms with E-state index in [1.54, 1.807) is 6.07 Å². The molecule has 1 fully saturated rings. The summed E-state index contributed by atoms with van der Waals surface area (Å²) >= 11 is 3.31. The van der Waals surface area contributed by atoms with Crippen molar-refractivity contribution in [2.75, 3.05) is 11.9 Å². The molecule has 1 aromatic carbocycles. The summed E-state index contributed by atoms with van der Waals surface area (Å²) in [6.07, 6.45) is 5.08. The van der Waals surface area contributed by atoms with Gasteiger partial charge in [0.15, 0.2) is 0 Å². The van der Waals surface area contributed by atoms with Crippen LogP contribution < -0.4 is 5.32 Å². The lowest BCUT2D eigenvalue weighted by Gasteiger charge is -2.32. The molecular weight excluding hydrogens is 285 g/mol. The lowest BCUT2D eigenvalue weighted by atomic mass is 9.85. The molecule has 1 aliphatic carbocycles. The van der Waals surface area contributed by atoms with Gasteiger partial charge in [-0.15, -0.1) is 0 Å². The zero-order valence-electron chi connectivity index (χ0n) is 9.68. The molecule has 2 N–H and O–H groups in total. The molecule has 0 aliphatic heterocycles. The molecule has 1 aromatic rings. The number of anilines is 1. The highest BCUT2D eigenvalue weighted by Gasteiger charge is 2.28. The molecule has 0 bridgehead atoms. The molecular formula is C13H17BrFNO. The van der Waals surface area contributed by atoms with E-state index in [1.165, 1.54) is 18.6 Å². The van der Waals surface area contributed by atoms with Crippen molar-refractivity contribution in [1.29, 1.82) is 0 Å². The van der Waals surface area contributed by atoms with Crippen LogP contribution in [0.3, 0.4) is 0 Å². The minimum atomic E-state index is -0.605. The van der Waals surface area contributed by atoms with E-state index in [1.807, 2.05) is 0 Å². The van der Waals surface area contributed by atoms with Gasteiger partial charge >= 0.3 is 0 Å². The average Bonchev–Trinajstić information content (AvgIpc) is 2.29. The van der Waals surface area contributed by atoms with Crippen LogP contribution in [0.1, 0.15) is 32.1 Å². The van der Waals surface area contributed by atoms with Gasteiger partial charge in [0.2, 0.25) is 0 Å². The monoisotopic (exact) mass is 301 g/mol. The lowest BCUT2D eigenvalue weighted by Crippen LogP contribution is -2.38. The minimum Gasteiger partial charge on any atom is -0.388 e. The van der Waals surface area contributed by atoms with Gasteiger partial charge in [0.05, 0.1) is 5.60 Å². The minimum absolute atomic E-state index is 0.265. The Kier molecular flexibility index (Phi) is 4.05. The van der Waals surface area contributed by atoms with Crippen molar-refractivity contribution in [3.63, 3.8) is 0 Å². The normalized spacial score (nSPS) is 19.0. The number of hydrogen-bond donors (Lipinski definition) is 2. The molecule has 0 aromatic heterocycles. The molecule has 0 amide bonds. The predicted molar refractivity (Wildman–Crippen MR) is 70.6 cm³/mol. The summed E-state index contributed by atoms with van der Waals surface area (Å²) in [6.45, 7) is 0.525. The zero-order valence-corrected chi connectivity index (χ0v) is 11.3. The summed E-state index contributed by atoms with van der Waals surface area (Å²) in [6, 6.07) is 4.52. The number of benzene rings is 1. The molecule has 1 aliphatic rings. The Morgan fingerprint density at radius 3 is 2.65 bits per heavy atom. The van der Waals surface area contributed by atoms with Gasteiger partial charge < -0.3 is 10.4 Å². The second-order valence-electron chi connectivity index (χ2n) is 4.76. The summed E-state index contributed by atoms with van der Waals surface area (Å²) in [5.41, 5.74) is 0.219. The van der Waals surface area contributed by atoms with Crippen LogP contribution in [0.15, 0.2) is 22.7 Å². The van der Waals surface area contributed by atoms with E-state index in [0.717, 1.165) is 31.4 Å². The summed E-state index contributed by atoms with van der Waals surface area (Å²) < 4.78 is 13.6. The number of nitrogens with one attached hydrogen (secondary N) is 1. The molecule has 17 heavy (non-hydrogen) atoms. The fraction of sp³-hybridized carbons (Fsp3) is 0.538. The van der Waals surface area contributed by atoms with Crippen molar-refractivity contribution in [2.45, 2.75) is 37.7 Å². The van der Waals surface area contributed by atoms with Gasteiger partial charge in [-0.1, -0.05) is 19.3 Å². The van der Waals surface area contributed by atoms with Crippen LogP contribution in [0.25, 0.3) is 0 Å². The van der Waals surface area contributed by atoms with E-state index in [4.69, 9.17) is 0 Å². The Labute approximate surface area is 109 Å². The van der Waals surface area contributed by atoms with Crippen molar-refractivity contribution in [1.82, 2.24) is 0 Å². The Morgan fingerprint density at radius 1 is 1.29 bits per heavy atom.